The second kappa shape index (κ2) is 7.56. The summed E-state index contributed by atoms with van der Waals surface area (Å²) in [6.07, 6.45) is 3.68. The van der Waals surface area contributed by atoms with Crippen molar-refractivity contribution in [2.75, 3.05) is 11.9 Å². The van der Waals surface area contributed by atoms with Crippen molar-refractivity contribution in [3.8, 4) is 0 Å². The van der Waals surface area contributed by atoms with Crippen LogP contribution < -0.4 is 5.32 Å². The number of halogens is 1. The lowest BCUT2D eigenvalue weighted by Crippen LogP contribution is -2.43. The van der Waals surface area contributed by atoms with Crippen molar-refractivity contribution in [3.05, 3.63) is 39.9 Å². The summed E-state index contributed by atoms with van der Waals surface area (Å²) in [5.41, 5.74) is 1.27. The Bertz CT molecular complexity index is 912. The molecular weight excluding hydrogens is 383 g/mol. The number of nitrogens with one attached hydrogen (secondary N) is 1. The second-order valence-electron chi connectivity index (χ2n) is 7.36. The van der Waals surface area contributed by atoms with Gasteiger partial charge in [0.25, 0.3) is 5.91 Å². The Labute approximate surface area is 165 Å². The molecule has 28 heavy (non-hydrogen) atoms. The predicted molar refractivity (Wildman–Crippen MR) is 101 cm³/mol. The number of hydrogen-bond acceptors (Lipinski definition) is 6. The van der Waals surface area contributed by atoms with Crippen molar-refractivity contribution in [2.24, 2.45) is 5.92 Å². The first-order valence-electron chi connectivity index (χ1n) is 9.30. The quantitative estimate of drug-likeness (QED) is 0.764. The number of aryl methyl sites for hydroxylation is 1. The molecular formula is C19H21FN4O3S. The summed E-state index contributed by atoms with van der Waals surface area (Å²) >= 11 is 1.36. The van der Waals surface area contributed by atoms with Gasteiger partial charge in [-0.05, 0) is 44.2 Å². The third kappa shape index (κ3) is 3.64. The number of likely N-dealkylation sites (tertiary alicyclic amines) is 1. The first kappa shape index (κ1) is 18.9. The SMILES string of the molecule is Cc1cc(F)ncc1NC(=O)c1csc([C@H]2CCCN2C(=O)C2CC(O)C2)n1. The van der Waals surface area contributed by atoms with Crippen LogP contribution in [0, 0.1) is 18.8 Å². The zero-order chi connectivity index (χ0) is 19.8. The number of nitrogens with zero attached hydrogens (tertiary/aromatic N) is 3. The Morgan fingerprint density at radius 1 is 1.39 bits per heavy atom. The van der Waals surface area contributed by atoms with Gasteiger partial charge in [-0.1, -0.05) is 0 Å². The smallest absolute Gasteiger partial charge is 0.275 e. The number of anilines is 1. The van der Waals surface area contributed by atoms with E-state index in [4.69, 9.17) is 0 Å². The van der Waals surface area contributed by atoms with Crippen molar-refractivity contribution in [1.82, 2.24) is 14.9 Å². The fraction of sp³-hybridized carbons (Fsp3) is 0.474. The van der Waals surface area contributed by atoms with Crippen molar-refractivity contribution in [3.63, 3.8) is 0 Å². The lowest BCUT2D eigenvalue weighted by Gasteiger charge is -2.35. The summed E-state index contributed by atoms with van der Waals surface area (Å²) < 4.78 is 13.1. The van der Waals surface area contributed by atoms with Crippen LogP contribution in [-0.4, -0.2) is 44.4 Å². The van der Waals surface area contributed by atoms with Gasteiger partial charge in [0.15, 0.2) is 0 Å². The second-order valence-corrected chi connectivity index (χ2v) is 8.25. The van der Waals surface area contributed by atoms with Gasteiger partial charge < -0.3 is 15.3 Å². The maximum Gasteiger partial charge on any atom is 0.275 e. The van der Waals surface area contributed by atoms with Crippen LogP contribution in [0.2, 0.25) is 0 Å². The summed E-state index contributed by atoms with van der Waals surface area (Å²) in [7, 11) is 0. The maximum atomic E-state index is 13.1. The van der Waals surface area contributed by atoms with Crippen molar-refractivity contribution >= 4 is 28.8 Å². The van der Waals surface area contributed by atoms with Crippen LogP contribution in [0.4, 0.5) is 10.1 Å². The van der Waals surface area contributed by atoms with E-state index in [-0.39, 0.29) is 29.7 Å². The number of carbonyl (C=O) groups is 2. The Morgan fingerprint density at radius 3 is 2.89 bits per heavy atom. The maximum absolute atomic E-state index is 13.1. The summed E-state index contributed by atoms with van der Waals surface area (Å²) in [6, 6.07) is 1.13. The van der Waals surface area contributed by atoms with Gasteiger partial charge >= 0.3 is 0 Å². The molecule has 0 bridgehead atoms. The van der Waals surface area contributed by atoms with Crippen molar-refractivity contribution < 1.29 is 19.1 Å². The largest absolute Gasteiger partial charge is 0.393 e. The molecule has 0 spiro atoms. The molecule has 2 aromatic rings. The number of rotatable bonds is 4. The average molecular weight is 404 g/mol. The van der Waals surface area contributed by atoms with E-state index in [0.717, 1.165) is 17.8 Å². The summed E-state index contributed by atoms with van der Waals surface area (Å²) in [5, 5.41) is 14.6. The van der Waals surface area contributed by atoms with Crippen molar-refractivity contribution in [1.29, 1.82) is 0 Å². The number of hydrogen-bond donors (Lipinski definition) is 2. The van der Waals surface area contributed by atoms with Gasteiger partial charge in [-0.25, -0.2) is 9.97 Å². The van der Waals surface area contributed by atoms with Crippen LogP contribution in [0.1, 0.15) is 52.8 Å². The van der Waals surface area contributed by atoms with Gasteiger partial charge in [0, 0.05) is 17.8 Å². The summed E-state index contributed by atoms with van der Waals surface area (Å²) in [5.74, 6) is -1.03. The van der Waals surface area contributed by atoms with Crippen LogP contribution in [-0.2, 0) is 4.79 Å². The number of aliphatic hydroxyl groups excluding tert-OH is 1. The molecule has 9 heteroatoms. The summed E-state index contributed by atoms with van der Waals surface area (Å²) in [4.78, 5) is 35.0. The zero-order valence-electron chi connectivity index (χ0n) is 15.4. The lowest BCUT2D eigenvalue weighted by molar-refractivity contribution is -0.143. The highest BCUT2D eigenvalue weighted by atomic mass is 32.1. The standard InChI is InChI=1S/C19H21FN4O3S/c1-10-5-16(20)21-8-13(10)22-17(26)14-9-28-18(23-14)15-3-2-4-24(15)19(27)11-6-12(25)7-11/h5,8-9,11-12,15,25H,2-4,6-7H2,1H3,(H,22,26)/t11?,12?,15-/m1/s1. The van der Waals surface area contributed by atoms with Gasteiger partial charge in [0.05, 0.1) is 24.0 Å². The molecule has 1 saturated carbocycles. The Kier molecular flexibility index (Phi) is 5.11. The molecule has 7 nitrogen and oxygen atoms in total. The number of amides is 2. The molecule has 2 aliphatic rings. The molecule has 1 saturated heterocycles. The normalized spacial score (nSPS) is 24.1. The molecule has 1 aliphatic heterocycles. The van der Waals surface area contributed by atoms with Crippen molar-refractivity contribution in [2.45, 2.75) is 44.8 Å². The topological polar surface area (TPSA) is 95.4 Å². The number of thiazole rings is 1. The third-order valence-electron chi connectivity index (χ3n) is 5.36. The first-order valence-corrected chi connectivity index (χ1v) is 10.2. The molecule has 148 valence electrons. The average Bonchev–Trinajstić information content (AvgIpc) is 3.29. The molecule has 3 heterocycles. The monoisotopic (exact) mass is 404 g/mol. The van der Waals surface area contributed by atoms with E-state index in [1.807, 2.05) is 4.90 Å². The van der Waals surface area contributed by atoms with E-state index in [2.05, 4.69) is 15.3 Å². The molecule has 0 aromatic carbocycles. The Hall–Kier alpha value is -2.39. The van der Waals surface area contributed by atoms with E-state index in [1.165, 1.54) is 23.6 Å². The first-order chi connectivity index (χ1) is 13.4. The Morgan fingerprint density at radius 2 is 2.18 bits per heavy atom. The van der Waals surface area contributed by atoms with Crippen LogP contribution in [0.3, 0.4) is 0 Å². The van der Waals surface area contributed by atoms with Crippen LogP contribution in [0.25, 0.3) is 0 Å². The van der Waals surface area contributed by atoms with E-state index in [0.29, 0.717) is 30.6 Å². The number of pyridine rings is 1. The fourth-order valence-electron chi connectivity index (χ4n) is 3.70. The molecule has 2 aromatic heterocycles. The molecule has 0 unspecified atom stereocenters. The van der Waals surface area contributed by atoms with Gasteiger partial charge in [-0.2, -0.15) is 4.39 Å². The van der Waals surface area contributed by atoms with E-state index in [1.54, 1.807) is 12.3 Å². The molecule has 1 aliphatic carbocycles. The molecule has 0 radical (unpaired) electrons. The van der Waals surface area contributed by atoms with Gasteiger partial charge in [-0.15, -0.1) is 11.3 Å². The summed E-state index contributed by atoms with van der Waals surface area (Å²) in [6.45, 7) is 2.36. The minimum Gasteiger partial charge on any atom is -0.393 e. The van der Waals surface area contributed by atoms with Crippen LogP contribution in [0.5, 0.6) is 0 Å². The molecule has 1 atom stereocenters. The van der Waals surface area contributed by atoms with Gasteiger partial charge in [-0.3, -0.25) is 9.59 Å². The third-order valence-corrected chi connectivity index (χ3v) is 6.31. The number of carbonyl (C=O) groups excluding carboxylic acids is 2. The zero-order valence-corrected chi connectivity index (χ0v) is 16.2. The lowest BCUT2D eigenvalue weighted by atomic mass is 9.81. The molecule has 2 fully saturated rings. The van der Waals surface area contributed by atoms with E-state index < -0.39 is 11.9 Å². The molecule has 4 rings (SSSR count). The number of aliphatic hydroxyl groups is 1. The van der Waals surface area contributed by atoms with E-state index >= 15 is 0 Å². The fourth-order valence-corrected chi connectivity index (χ4v) is 4.64. The molecule has 2 amide bonds. The van der Waals surface area contributed by atoms with Gasteiger partial charge in [0.2, 0.25) is 11.9 Å². The van der Waals surface area contributed by atoms with Gasteiger partial charge in [0.1, 0.15) is 10.7 Å². The predicted octanol–water partition coefficient (Wildman–Crippen LogP) is 2.67. The number of aromatic nitrogens is 2. The highest BCUT2D eigenvalue weighted by Gasteiger charge is 2.40. The van der Waals surface area contributed by atoms with E-state index in [9.17, 15) is 19.1 Å². The highest BCUT2D eigenvalue weighted by Crippen LogP contribution is 2.38. The minimum absolute atomic E-state index is 0.0713. The van der Waals surface area contributed by atoms with Crippen LogP contribution >= 0.6 is 11.3 Å². The minimum atomic E-state index is -0.601. The molecule has 2 N–H and O–H groups in total. The highest BCUT2D eigenvalue weighted by molar-refractivity contribution is 7.10. The van der Waals surface area contributed by atoms with Crippen LogP contribution in [0.15, 0.2) is 17.6 Å². The Balaban J connectivity index is 1.45.